The molecule has 1 aromatic heterocycles. The van der Waals surface area contributed by atoms with Crippen molar-refractivity contribution in [3.8, 4) is 11.5 Å². The van der Waals surface area contributed by atoms with Gasteiger partial charge in [-0.25, -0.2) is 9.18 Å². The highest BCUT2D eigenvalue weighted by Crippen LogP contribution is 2.48. The molecule has 34 heavy (non-hydrogen) atoms. The topological polar surface area (TPSA) is 68.5 Å². The molecule has 2 unspecified atom stereocenters. The summed E-state index contributed by atoms with van der Waals surface area (Å²) in [7, 11) is 1.35. The minimum absolute atomic E-state index is 0.0595. The van der Waals surface area contributed by atoms with Crippen molar-refractivity contribution in [3.63, 3.8) is 0 Å². The number of aryl methyl sites for hydroxylation is 1. The molecule has 0 saturated heterocycles. The van der Waals surface area contributed by atoms with Crippen molar-refractivity contribution >= 4 is 29.2 Å². The van der Waals surface area contributed by atoms with E-state index in [0.717, 1.165) is 35.0 Å². The number of carboxylic acid groups (broad SMARTS) is 1. The molecule has 0 radical (unpaired) electrons. The van der Waals surface area contributed by atoms with Crippen LogP contribution in [0.4, 0.5) is 17.6 Å². The van der Waals surface area contributed by atoms with Gasteiger partial charge in [-0.2, -0.15) is 13.2 Å². The van der Waals surface area contributed by atoms with Gasteiger partial charge >= 0.3 is 12.1 Å². The molecule has 0 aliphatic rings. The Balaban J connectivity index is 1.98. The van der Waals surface area contributed by atoms with Crippen LogP contribution in [-0.4, -0.2) is 21.8 Å². The maximum Gasteiger partial charge on any atom is 0.396 e. The number of aromatic carboxylic acids is 1. The van der Waals surface area contributed by atoms with Crippen LogP contribution in [0.1, 0.15) is 40.2 Å². The van der Waals surface area contributed by atoms with Gasteiger partial charge in [0.15, 0.2) is 0 Å². The van der Waals surface area contributed by atoms with E-state index in [1.165, 1.54) is 32.2 Å². The zero-order chi connectivity index (χ0) is 25.4. The predicted molar refractivity (Wildman–Crippen MR) is 119 cm³/mol. The summed E-state index contributed by atoms with van der Waals surface area (Å²) < 4.78 is 62.6. The molecule has 180 valence electrons. The van der Waals surface area contributed by atoms with Gasteiger partial charge in [0.25, 0.3) is 0 Å². The molecule has 2 atom stereocenters. The molecule has 1 N–H and O–H groups in total. The molecule has 5 nitrogen and oxygen atoms in total. The number of alkyl halides is 3. The summed E-state index contributed by atoms with van der Waals surface area (Å²) in [6, 6.07) is 7.82. The van der Waals surface area contributed by atoms with Gasteiger partial charge in [-0.3, -0.25) is 4.79 Å². The molecule has 0 bridgehead atoms. The molecular formula is C23H17Cl2F4NO4. The Morgan fingerprint density at radius 1 is 1.09 bits per heavy atom. The van der Waals surface area contributed by atoms with Crippen molar-refractivity contribution in [1.29, 1.82) is 0 Å². The number of ether oxygens (including phenoxy) is 1. The standard InChI is InChI=1S/C23H17Cl2F4NO4/c1-11(19(23(27,28)29)12-3-8-18(31)30(2)10-12)14-6-7-17(21(25)20(14)24)34-13-4-5-15(22(32)33)16(26)9-13/h3-11,19H,1-2H3,(H,32,33). The molecule has 11 heteroatoms. The largest absolute Gasteiger partial charge is 0.478 e. The first-order valence-electron chi connectivity index (χ1n) is 9.73. The summed E-state index contributed by atoms with van der Waals surface area (Å²) in [4.78, 5) is 22.6. The highest BCUT2D eigenvalue weighted by molar-refractivity contribution is 6.43. The molecule has 0 aliphatic heterocycles. The van der Waals surface area contributed by atoms with E-state index < -0.39 is 40.9 Å². The third kappa shape index (κ3) is 5.20. The molecule has 0 spiro atoms. The highest BCUT2D eigenvalue weighted by atomic mass is 35.5. The van der Waals surface area contributed by atoms with Crippen LogP contribution in [-0.2, 0) is 7.05 Å². The fourth-order valence-corrected chi connectivity index (χ4v) is 4.12. The summed E-state index contributed by atoms with van der Waals surface area (Å²) in [5.41, 5.74) is -1.05. The summed E-state index contributed by atoms with van der Waals surface area (Å²) in [5.74, 6) is -5.82. The number of hydrogen-bond acceptors (Lipinski definition) is 3. The Bertz CT molecular complexity index is 1310. The lowest BCUT2D eigenvalue weighted by atomic mass is 9.82. The Hall–Kier alpha value is -3.04. The van der Waals surface area contributed by atoms with Gasteiger partial charge in [0.1, 0.15) is 22.3 Å². The van der Waals surface area contributed by atoms with E-state index in [2.05, 4.69) is 0 Å². The fraction of sp³-hybridized carbons (Fsp3) is 0.217. The van der Waals surface area contributed by atoms with Crippen LogP contribution in [0.5, 0.6) is 11.5 Å². The van der Waals surface area contributed by atoms with E-state index >= 15 is 0 Å². The van der Waals surface area contributed by atoms with E-state index in [-0.39, 0.29) is 32.7 Å². The second-order valence-electron chi connectivity index (χ2n) is 7.55. The monoisotopic (exact) mass is 517 g/mol. The molecule has 0 aliphatic carbocycles. The zero-order valence-corrected chi connectivity index (χ0v) is 19.2. The SMILES string of the molecule is CC(c1ccc(Oc2ccc(C(=O)O)c(F)c2)c(Cl)c1Cl)C(c1ccc(=O)n(C)c1)C(F)(F)F. The van der Waals surface area contributed by atoms with E-state index in [1.54, 1.807) is 0 Å². The van der Waals surface area contributed by atoms with Gasteiger partial charge in [0, 0.05) is 25.4 Å². The number of halogens is 6. The van der Waals surface area contributed by atoms with E-state index in [1.807, 2.05) is 0 Å². The highest BCUT2D eigenvalue weighted by Gasteiger charge is 2.45. The third-order valence-corrected chi connectivity index (χ3v) is 6.17. The fourth-order valence-electron chi connectivity index (χ4n) is 3.58. The summed E-state index contributed by atoms with van der Waals surface area (Å²) in [5, 5.41) is 8.52. The maximum atomic E-state index is 14.0. The first-order chi connectivity index (χ1) is 15.8. The van der Waals surface area contributed by atoms with Crippen molar-refractivity contribution < 1.29 is 32.2 Å². The van der Waals surface area contributed by atoms with Crippen LogP contribution in [0.15, 0.2) is 53.5 Å². The lowest BCUT2D eigenvalue weighted by molar-refractivity contribution is -0.154. The van der Waals surface area contributed by atoms with Crippen molar-refractivity contribution in [2.24, 2.45) is 7.05 Å². The Kier molecular flexibility index (Phi) is 7.28. The Labute approximate surface area is 201 Å². The van der Waals surface area contributed by atoms with Crippen LogP contribution in [0, 0.1) is 5.82 Å². The normalized spacial score (nSPS) is 13.4. The molecular weight excluding hydrogens is 501 g/mol. The molecule has 0 amide bonds. The number of carbonyl (C=O) groups is 1. The van der Waals surface area contributed by atoms with Crippen LogP contribution in [0.2, 0.25) is 10.0 Å². The molecule has 3 aromatic rings. The van der Waals surface area contributed by atoms with Crippen molar-refractivity contribution in [2.45, 2.75) is 24.9 Å². The molecule has 3 rings (SSSR count). The molecule has 2 aromatic carbocycles. The van der Waals surface area contributed by atoms with Gasteiger partial charge in [0.2, 0.25) is 5.56 Å². The quantitative estimate of drug-likeness (QED) is 0.366. The number of rotatable bonds is 6. The number of aromatic nitrogens is 1. The minimum Gasteiger partial charge on any atom is -0.478 e. The van der Waals surface area contributed by atoms with E-state index in [9.17, 15) is 27.2 Å². The van der Waals surface area contributed by atoms with Crippen LogP contribution >= 0.6 is 23.2 Å². The first kappa shape index (κ1) is 25.6. The lowest BCUT2D eigenvalue weighted by Crippen LogP contribution is -2.28. The van der Waals surface area contributed by atoms with E-state index in [0.29, 0.717) is 0 Å². The third-order valence-electron chi connectivity index (χ3n) is 5.29. The predicted octanol–water partition coefficient (Wildman–Crippen LogP) is 6.77. The smallest absolute Gasteiger partial charge is 0.396 e. The van der Waals surface area contributed by atoms with Crippen LogP contribution in [0.25, 0.3) is 0 Å². The lowest BCUT2D eigenvalue weighted by Gasteiger charge is -2.28. The number of carboxylic acids is 1. The first-order valence-corrected chi connectivity index (χ1v) is 10.5. The Morgan fingerprint density at radius 2 is 1.76 bits per heavy atom. The number of hydrogen-bond donors (Lipinski definition) is 1. The zero-order valence-electron chi connectivity index (χ0n) is 17.7. The minimum atomic E-state index is -4.66. The summed E-state index contributed by atoms with van der Waals surface area (Å²) >= 11 is 12.6. The van der Waals surface area contributed by atoms with Gasteiger partial charge in [-0.15, -0.1) is 0 Å². The van der Waals surface area contributed by atoms with Crippen LogP contribution < -0.4 is 10.3 Å². The second kappa shape index (κ2) is 9.68. The van der Waals surface area contributed by atoms with Gasteiger partial charge < -0.3 is 14.4 Å². The van der Waals surface area contributed by atoms with Crippen molar-refractivity contribution in [3.05, 3.63) is 91.6 Å². The molecule has 0 saturated carbocycles. The van der Waals surface area contributed by atoms with Gasteiger partial charge in [0.05, 0.1) is 16.5 Å². The van der Waals surface area contributed by atoms with Gasteiger partial charge in [-0.1, -0.05) is 42.3 Å². The molecule has 1 heterocycles. The second-order valence-corrected chi connectivity index (χ2v) is 8.31. The molecule has 0 fully saturated rings. The maximum absolute atomic E-state index is 14.0. The van der Waals surface area contributed by atoms with Crippen molar-refractivity contribution in [2.75, 3.05) is 0 Å². The number of pyridine rings is 1. The van der Waals surface area contributed by atoms with Crippen LogP contribution in [0.3, 0.4) is 0 Å². The summed E-state index contributed by atoms with van der Waals surface area (Å²) in [6.07, 6.45) is -3.54. The van der Waals surface area contributed by atoms with E-state index in [4.69, 9.17) is 33.0 Å². The van der Waals surface area contributed by atoms with Crippen molar-refractivity contribution in [1.82, 2.24) is 4.57 Å². The average Bonchev–Trinajstić information content (AvgIpc) is 2.73. The Morgan fingerprint density at radius 3 is 2.32 bits per heavy atom. The number of benzene rings is 2. The van der Waals surface area contributed by atoms with Gasteiger partial charge in [-0.05, 0) is 35.2 Å². The average molecular weight is 518 g/mol. The summed E-state index contributed by atoms with van der Waals surface area (Å²) in [6.45, 7) is 1.33. The number of nitrogens with zero attached hydrogens (tertiary/aromatic N) is 1.